The average Bonchev–Trinajstić information content (AvgIpc) is 3.18. The van der Waals surface area contributed by atoms with Crippen LogP contribution in [0.5, 0.6) is 5.75 Å². The minimum absolute atomic E-state index is 0.144. The van der Waals surface area contributed by atoms with Crippen LogP contribution >= 0.6 is 0 Å². The third-order valence-corrected chi connectivity index (χ3v) is 4.36. The van der Waals surface area contributed by atoms with Crippen molar-refractivity contribution in [2.24, 2.45) is 0 Å². The second-order valence-corrected chi connectivity index (χ2v) is 6.24. The maximum Gasteiger partial charge on any atom is 0.277 e. The van der Waals surface area contributed by atoms with E-state index >= 15 is 0 Å². The lowest BCUT2D eigenvalue weighted by Crippen LogP contribution is -2.41. The molecule has 27 heavy (non-hydrogen) atoms. The molecule has 2 aromatic carbocycles. The average molecular weight is 363 g/mol. The number of nitrogens with one attached hydrogen (secondary N) is 1. The third kappa shape index (κ3) is 3.15. The van der Waals surface area contributed by atoms with E-state index in [-0.39, 0.29) is 11.6 Å². The first-order chi connectivity index (χ1) is 13.0. The monoisotopic (exact) mass is 363 g/mol. The van der Waals surface area contributed by atoms with Gasteiger partial charge in [0.25, 0.3) is 11.8 Å². The zero-order valence-electron chi connectivity index (χ0n) is 14.8. The Morgan fingerprint density at radius 1 is 1.15 bits per heavy atom. The van der Waals surface area contributed by atoms with Gasteiger partial charge >= 0.3 is 0 Å². The molecule has 0 spiro atoms. The molecule has 0 fully saturated rings. The minimum Gasteiger partial charge on any atom is -0.479 e. The smallest absolute Gasteiger partial charge is 0.277 e. The Hall–Kier alpha value is -3.61. The molecule has 0 aliphatic carbocycles. The molecule has 1 aliphatic rings. The van der Waals surface area contributed by atoms with Gasteiger partial charge in [-0.25, -0.2) is 0 Å². The van der Waals surface area contributed by atoms with E-state index in [9.17, 15) is 9.59 Å². The fraction of sp³-hybridized carbons (Fsp3) is 0.150. The molecule has 1 aliphatic heterocycles. The van der Waals surface area contributed by atoms with Gasteiger partial charge in [0, 0.05) is 24.4 Å². The largest absolute Gasteiger partial charge is 0.479 e. The number of hydrogen-bond acceptors (Lipinski definition) is 5. The first-order valence-corrected chi connectivity index (χ1v) is 8.44. The topological polar surface area (TPSA) is 84.7 Å². The standard InChI is InChI=1S/C20H17N3O4/c1-12-20(25)23(2)16-10-14(8-9-17(16)26-12)21-19(24)15-11-18(27-22-15)13-6-4-3-5-7-13/h3-12H,1-2H3,(H,21,24)/t12-/m0/s1. The second-order valence-electron chi connectivity index (χ2n) is 6.24. The van der Waals surface area contributed by atoms with Crippen LogP contribution in [0.2, 0.25) is 0 Å². The molecule has 0 saturated heterocycles. The molecule has 2 amide bonds. The highest BCUT2D eigenvalue weighted by atomic mass is 16.5. The van der Waals surface area contributed by atoms with Crippen molar-refractivity contribution in [2.45, 2.75) is 13.0 Å². The van der Waals surface area contributed by atoms with Gasteiger partial charge in [0.05, 0.1) is 5.69 Å². The van der Waals surface area contributed by atoms with Gasteiger partial charge in [-0.15, -0.1) is 0 Å². The SMILES string of the molecule is C[C@@H]1Oc2ccc(NC(=O)c3cc(-c4ccccc4)on3)cc2N(C)C1=O. The van der Waals surface area contributed by atoms with Gasteiger partial charge < -0.3 is 19.5 Å². The summed E-state index contributed by atoms with van der Waals surface area (Å²) in [6.45, 7) is 1.70. The molecule has 7 heteroatoms. The van der Waals surface area contributed by atoms with Gasteiger partial charge in [-0.05, 0) is 25.1 Å². The fourth-order valence-corrected chi connectivity index (χ4v) is 2.91. The zero-order valence-corrected chi connectivity index (χ0v) is 14.8. The van der Waals surface area contributed by atoms with E-state index < -0.39 is 12.0 Å². The molecule has 1 N–H and O–H groups in total. The zero-order chi connectivity index (χ0) is 19.0. The summed E-state index contributed by atoms with van der Waals surface area (Å²) >= 11 is 0. The Bertz CT molecular complexity index is 1010. The molecule has 7 nitrogen and oxygen atoms in total. The first-order valence-electron chi connectivity index (χ1n) is 8.44. The van der Waals surface area contributed by atoms with Crippen molar-refractivity contribution in [3.63, 3.8) is 0 Å². The van der Waals surface area contributed by atoms with Crippen LogP contribution in [-0.2, 0) is 4.79 Å². The molecule has 0 unspecified atom stereocenters. The summed E-state index contributed by atoms with van der Waals surface area (Å²) in [6.07, 6.45) is -0.533. The number of likely N-dealkylation sites (N-methyl/N-ethyl adjacent to an activating group) is 1. The van der Waals surface area contributed by atoms with E-state index in [0.717, 1.165) is 5.56 Å². The molecule has 0 bridgehead atoms. The quantitative estimate of drug-likeness (QED) is 0.771. The predicted molar refractivity (Wildman–Crippen MR) is 99.8 cm³/mol. The number of benzene rings is 2. The van der Waals surface area contributed by atoms with Gasteiger partial charge in [0.15, 0.2) is 17.6 Å². The summed E-state index contributed by atoms with van der Waals surface area (Å²) in [5, 5.41) is 6.60. The van der Waals surface area contributed by atoms with E-state index in [1.54, 1.807) is 38.2 Å². The summed E-state index contributed by atoms with van der Waals surface area (Å²) < 4.78 is 10.8. The van der Waals surface area contributed by atoms with Crippen molar-refractivity contribution in [2.75, 3.05) is 17.3 Å². The van der Waals surface area contributed by atoms with Crippen molar-refractivity contribution < 1.29 is 18.8 Å². The van der Waals surface area contributed by atoms with E-state index in [4.69, 9.17) is 9.26 Å². The number of aromatic nitrogens is 1. The van der Waals surface area contributed by atoms with Crippen molar-refractivity contribution in [3.05, 3.63) is 60.3 Å². The number of carbonyl (C=O) groups is 2. The van der Waals surface area contributed by atoms with Gasteiger partial charge in [-0.2, -0.15) is 0 Å². The lowest BCUT2D eigenvalue weighted by atomic mass is 10.1. The summed E-state index contributed by atoms with van der Waals surface area (Å²) in [5.74, 6) is 0.559. The van der Waals surface area contributed by atoms with Crippen LogP contribution in [0.4, 0.5) is 11.4 Å². The normalized spacial score (nSPS) is 15.9. The van der Waals surface area contributed by atoms with Crippen molar-refractivity contribution in [3.8, 4) is 17.1 Å². The molecule has 4 rings (SSSR count). The Morgan fingerprint density at radius 2 is 1.93 bits per heavy atom. The molecule has 3 aromatic rings. The highest BCUT2D eigenvalue weighted by Gasteiger charge is 2.29. The maximum absolute atomic E-state index is 12.5. The number of nitrogens with zero attached hydrogens (tertiary/aromatic N) is 2. The Labute approximate surface area is 155 Å². The van der Waals surface area contributed by atoms with Gasteiger partial charge in [0.2, 0.25) is 0 Å². The number of carbonyl (C=O) groups excluding carboxylic acids is 2. The number of amides is 2. The van der Waals surface area contributed by atoms with Gasteiger partial charge in [0.1, 0.15) is 5.75 Å². The van der Waals surface area contributed by atoms with Crippen LogP contribution in [0.1, 0.15) is 17.4 Å². The fourth-order valence-electron chi connectivity index (χ4n) is 2.91. The predicted octanol–water partition coefficient (Wildman–Crippen LogP) is 3.34. The van der Waals surface area contributed by atoms with Crippen molar-refractivity contribution in [1.82, 2.24) is 5.16 Å². The number of fused-ring (bicyclic) bond motifs is 1. The highest BCUT2D eigenvalue weighted by molar-refractivity contribution is 6.05. The second kappa shape index (κ2) is 6.60. The maximum atomic E-state index is 12.5. The number of ether oxygens (including phenoxy) is 1. The summed E-state index contributed by atoms with van der Waals surface area (Å²) in [7, 11) is 1.68. The molecule has 1 atom stereocenters. The number of hydrogen-bond donors (Lipinski definition) is 1. The highest BCUT2D eigenvalue weighted by Crippen LogP contribution is 2.35. The summed E-state index contributed by atoms with van der Waals surface area (Å²) in [6, 6.07) is 16.1. The van der Waals surface area contributed by atoms with Crippen LogP contribution in [-0.4, -0.2) is 30.1 Å². The van der Waals surface area contributed by atoms with E-state index in [1.165, 1.54) is 4.90 Å². The van der Waals surface area contributed by atoms with E-state index in [2.05, 4.69) is 10.5 Å². The first kappa shape index (κ1) is 16.8. The summed E-state index contributed by atoms with van der Waals surface area (Å²) in [4.78, 5) is 26.1. The van der Waals surface area contributed by atoms with Crippen molar-refractivity contribution >= 4 is 23.2 Å². The van der Waals surface area contributed by atoms with Crippen LogP contribution in [0.3, 0.4) is 0 Å². The summed E-state index contributed by atoms with van der Waals surface area (Å²) in [5.41, 5.74) is 2.13. The lowest BCUT2D eigenvalue weighted by molar-refractivity contribution is -0.125. The Kier molecular flexibility index (Phi) is 4.12. The van der Waals surface area contributed by atoms with Crippen LogP contribution < -0.4 is 15.0 Å². The van der Waals surface area contributed by atoms with Crippen LogP contribution in [0, 0.1) is 0 Å². The molecule has 0 saturated carbocycles. The van der Waals surface area contributed by atoms with E-state index in [1.807, 2.05) is 30.3 Å². The molecule has 2 heterocycles. The van der Waals surface area contributed by atoms with E-state index in [0.29, 0.717) is 22.9 Å². The molecule has 1 aromatic heterocycles. The Morgan fingerprint density at radius 3 is 2.70 bits per heavy atom. The number of anilines is 2. The van der Waals surface area contributed by atoms with Gasteiger partial charge in [-0.3, -0.25) is 9.59 Å². The van der Waals surface area contributed by atoms with Crippen LogP contribution in [0.15, 0.2) is 59.1 Å². The molecular formula is C20H17N3O4. The minimum atomic E-state index is -0.533. The van der Waals surface area contributed by atoms with Crippen molar-refractivity contribution in [1.29, 1.82) is 0 Å². The third-order valence-electron chi connectivity index (χ3n) is 4.36. The Balaban J connectivity index is 1.54. The number of rotatable bonds is 3. The molecule has 136 valence electrons. The lowest BCUT2D eigenvalue weighted by Gasteiger charge is -2.30. The molecule has 0 radical (unpaired) electrons. The molecular weight excluding hydrogens is 346 g/mol. The van der Waals surface area contributed by atoms with Gasteiger partial charge in [-0.1, -0.05) is 35.5 Å². The van der Waals surface area contributed by atoms with Crippen LogP contribution in [0.25, 0.3) is 11.3 Å².